The largest absolute Gasteiger partial charge is 0.472 e. The average Bonchev–Trinajstić information content (AvgIpc) is 2.75. The van der Waals surface area contributed by atoms with Crippen molar-refractivity contribution in [3.8, 4) is 0 Å². The highest BCUT2D eigenvalue weighted by molar-refractivity contribution is 5.31. The first-order valence-corrected chi connectivity index (χ1v) is 4.94. The van der Waals surface area contributed by atoms with Crippen molar-refractivity contribution in [3.05, 3.63) is 53.7 Å². The lowest BCUT2D eigenvalue weighted by Gasteiger charge is -2.16. The quantitative estimate of drug-likeness (QED) is 0.829. The smallest absolute Gasteiger partial charge is 0.0953 e. The van der Waals surface area contributed by atoms with E-state index in [0.717, 1.165) is 11.3 Å². The van der Waals surface area contributed by atoms with Gasteiger partial charge in [-0.2, -0.15) is 0 Å². The van der Waals surface area contributed by atoms with Gasteiger partial charge in [0.25, 0.3) is 0 Å². The normalized spacial score (nSPS) is 12.7. The Bertz CT molecular complexity index is 423. The summed E-state index contributed by atoms with van der Waals surface area (Å²) in [6.07, 6.45) is 5.25. The van der Waals surface area contributed by atoms with Crippen LogP contribution in [-0.4, -0.2) is 12.0 Å². The number of hydrogen-bond donors (Lipinski definition) is 1. The van der Waals surface area contributed by atoms with Crippen molar-refractivity contribution in [3.63, 3.8) is 0 Å². The highest BCUT2D eigenvalue weighted by atomic mass is 16.3. The first kappa shape index (κ1) is 9.93. The zero-order chi connectivity index (χ0) is 10.7. The number of hydrogen-bond acceptors (Lipinski definition) is 3. The van der Waals surface area contributed by atoms with Gasteiger partial charge in [-0.05, 0) is 31.7 Å². The van der Waals surface area contributed by atoms with Gasteiger partial charge >= 0.3 is 0 Å². The summed E-state index contributed by atoms with van der Waals surface area (Å²) >= 11 is 0. The Morgan fingerprint density at radius 1 is 1.40 bits per heavy atom. The van der Waals surface area contributed by atoms with Crippen LogP contribution in [0.15, 0.2) is 41.3 Å². The first-order valence-electron chi connectivity index (χ1n) is 4.94. The highest BCUT2D eigenvalue weighted by Gasteiger charge is 2.14. The number of rotatable bonds is 3. The van der Waals surface area contributed by atoms with Crippen molar-refractivity contribution >= 4 is 0 Å². The molecule has 3 nitrogen and oxygen atoms in total. The highest BCUT2D eigenvalue weighted by Crippen LogP contribution is 2.23. The Labute approximate surface area is 89.1 Å². The SMILES string of the molecule is CNC(c1ccoc1)c1cccnc1C. The molecule has 0 fully saturated rings. The van der Waals surface area contributed by atoms with E-state index in [2.05, 4.69) is 16.4 Å². The van der Waals surface area contributed by atoms with Gasteiger partial charge in [0.1, 0.15) is 0 Å². The van der Waals surface area contributed by atoms with Crippen molar-refractivity contribution in [1.82, 2.24) is 10.3 Å². The molecule has 78 valence electrons. The van der Waals surface area contributed by atoms with E-state index >= 15 is 0 Å². The predicted molar refractivity (Wildman–Crippen MR) is 58.6 cm³/mol. The van der Waals surface area contributed by atoms with Crippen LogP contribution in [0.5, 0.6) is 0 Å². The molecule has 1 atom stereocenters. The van der Waals surface area contributed by atoms with Gasteiger partial charge < -0.3 is 9.73 Å². The molecule has 2 rings (SSSR count). The molecule has 2 aromatic heterocycles. The molecule has 0 spiro atoms. The summed E-state index contributed by atoms with van der Waals surface area (Å²) in [4.78, 5) is 4.29. The minimum absolute atomic E-state index is 0.150. The fourth-order valence-corrected chi connectivity index (χ4v) is 1.74. The summed E-state index contributed by atoms with van der Waals surface area (Å²) < 4.78 is 5.10. The summed E-state index contributed by atoms with van der Waals surface area (Å²) in [6, 6.07) is 6.15. The molecular formula is C12H14N2O. The molecule has 0 aliphatic carbocycles. The third-order valence-electron chi connectivity index (χ3n) is 2.52. The number of nitrogens with one attached hydrogen (secondary N) is 1. The van der Waals surface area contributed by atoms with Gasteiger partial charge in [-0.3, -0.25) is 4.98 Å². The molecule has 2 heterocycles. The van der Waals surface area contributed by atoms with Gasteiger partial charge in [0.05, 0.1) is 18.6 Å². The zero-order valence-corrected chi connectivity index (χ0v) is 8.90. The molecule has 0 radical (unpaired) electrons. The maximum Gasteiger partial charge on any atom is 0.0953 e. The van der Waals surface area contributed by atoms with Gasteiger partial charge in [0, 0.05) is 17.5 Å². The van der Waals surface area contributed by atoms with Crippen molar-refractivity contribution in [2.24, 2.45) is 0 Å². The molecule has 15 heavy (non-hydrogen) atoms. The second kappa shape index (κ2) is 4.28. The van der Waals surface area contributed by atoms with Gasteiger partial charge in [0.2, 0.25) is 0 Å². The van der Waals surface area contributed by atoms with Crippen LogP contribution in [0.1, 0.15) is 22.9 Å². The molecule has 0 aliphatic heterocycles. The second-order valence-electron chi connectivity index (χ2n) is 3.46. The molecule has 0 aliphatic rings. The van der Waals surface area contributed by atoms with Crippen molar-refractivity contribution in [2.45, 2.75) is 13.0 Å². The fourth-order valence-electron chi connectivity index (χ4n) is 1.74. The standard InChI is InChI=1S/C12H14N2O/c1-9-11(4-3-6-14-9)12(13-2)10-5-7-15-8-10/h3-8,12-13H,1-2H3. The van der Waals surface area contributed by atoms with Gasteiger partial charge in [-0.25, -0.2) is 0 Å². The van der Waals surface area contributed by atoms with E-state index in [9.17, 15) is 0 Å². The number of aryl methyl sites for hydroxylation is 1. The Balaban J connectivity index is 2.40. The van der Waals surface area contributed by atoms with E-state index in [1.54, 1.807) is 18.7 Å². The molecule has 0 saturated carbocycles. The Morgan fingerprint density at radius 2 is 2.27 bits per heavy atom. The van der Waals surface area contributed by atoms with E-state index in [0.29, 0.717) is 0 Å². The van der Waals surface area contributed by atoms with Crippen LogP contribution in [0.25, 0.3) is 0 Å². The van der Waals surface area contributed by atoms with E-state index in [-0.39, 0.29) is 6.04 Å². The second-order valence-corrected chi connectivity index (χ2v) is 3.46. The maximum absolute atomic E-state index is 5.10. The summed E-state index contributed by atoms with van der Waals surface area (Å²) in [5.74, 6) is 0. The summed E-state index contributed by atoms with van der Waals surface area (Å²) in [7, 11) is 1.93. The lowest BCUT2D eigenvalue weighted by molar-refractivity contribution is 0.557. The first-order chi connectivity index (χ1) is 7.33. The number of pyridine rings is 1. The number of furan rings is 1. The number of aromatic nitrogens is 1. The molecule has 1 unspecified atom stereocenters. The molecule has 2 aromatic rings. The summed E-state index contributed by atoms with van der Waals surface area (Å²) in [5.41, 5.74) is 3.34. The topological polar surface area (TPSA) is 38.1 Å². The minimum atomic E-state index is 0.150. The Hall–Kier alpha value is -1.61. The summed E-state index contributed by atoms with van der Waals surface area (Å²) in [5, 5.41) is 3.26. The molecule has 1 N–H and O–H groups in total. The average molecular weight is 202 g/mol. The van der Waals surface area contributed by atoms with Crippen LogP contribution in [-0.2, 0) is 0 Å². The van der Waals surface area contributed by atoms with Gasteiger partial charge in [0.15, 0.2) is 0 Å². The van der Waals surface area contributed by atoms with E-state index < -0.39 is 0 Å². The van der Waals surface area contributed by atoms with Crippen LogP contribution < -0.4 is 5.32 Å². The summed E-state index contributed by atoms with van der Waals surface area (Å²) in [6.45, 7) is 2.01. The predicted octanol–water partition coefficient (Wildman–Crippen LogP) is 2.29. The van der Waals surface area contributed by atoms with E-state index in [1.807, 2.05) is 26.1 Å². The van der Waals surface area contributed by atoms with Crippen LogP contribution in [0.2, 0.25) is 0 Å². The van der Waals surface area contributed by atoms with Crippen molar-refractivity contribution < 1.29 is 4.42 Å². The number of nitrogens with zero attached hydrogens (tertiary/aromatic N) is 1. The van der Waals surface area contributed by atoms with Gasteiger partial charge in [-0.15, -0.1) is 0 Å². The van der Waals surface area contributed by atoms with Gasteiger partial charge in [-0.1, -0.05) is 6.07 Å². The van der Waals surface area contributed by atoms with E-state index in [4.69, 9.17) is 4.42 Å². The van der Waals surface area contributed by atoms with E-state index in [1.165, 1.54) is 5.56 Å². The van der Waals surface area contributed by atoms with Crippen LogP contribution >= 0.6 is 0 Å². The zero-order valence-electron chi connectivity index (χ0n) is 8.90. The molecule has 0 amide bonds. The molecule has 0 aromatic carbocycles. The third kappa shape index (κ3) is 1.92. The lowest BCUT2D eigenvalue weighted by atomic mass is 10.0. The fraction of sp³-hybridized carbons (Fsp3) is 0.250. The maximum atomic E-state index is 5.10. The monoisotopic (exact) mass is 202 g/mol. The molecular weight excluding hydrogens is 188 g/mol. The van der Waals surface area contributed by atoms with Crippen LogP contribution in [0, 0.1) is 6.92 Å². The molecule has 3 heteroatoms. The molecule has 0 saturated heterocycles. The van der Waals surface area contributed by atoms with Crippen molar-refractivity contribution in [2.75, 3.05) is 7.05 Å². The Kier molecular flexibility index (Phi) is 2.83. The van der Waals surface area contributed by atoms with Crippen LogP contribution in [0.4, 0.5) is 0 Å². The Morgan fingerprint density at radius 3 is 2.87 bits per heavy atom. The lowest BCUT2D eigenvalue weighted by Crippen LogP contribution is -2.18. The third-order valence-corrected chi connectivity index (χ3v) is 2.52. The molecule has 0 bridgehead atoms. The minimum Gasteiger partial charge on any atom is -0.472 e. The van der Waals surface area contributed by atoms with Crippen LogP contribution in [0.3, 0.4) is 0 Å². The van der Waals surface area contributed by atoms with Crippen molar-refractivity contribution in [1.29, 1.82) is 0 Å².